The third kappa shape index (κ3) is 3.35. The van der Waals surface area contributed by atoms with Gasteiger partial charge in [-0.05, 0) is 32.1 Å². The molecular weight excluding hydrogens is 234 g/mol. The smallest absolute Gasteiger partial charge is 0.233 e. The van der Waals surface area contributed by atoms with Gasteiger partial charge in [0, 0.05) is 19.2 Å². The number of aliphatic hydroxyl groups is 1. The molecule has 18 heavy (non-hydrogen) atoms. The molecule has 1 saturated carbocycles. The highest BCUT2D eigenvalue weighted by Gasteiger charge is 2.33. The summed E-state index contributed by atoms with van der Waals surface area (Å²) in [5.74, 6) is -0.684. The minimum absolute atomic E-state index is 0.0316. The molecule has 1 aliphatic carbocycles. The fourth-order valence-corrected chi connectivity index (χ4v) is 2.19. The molecule has 0 aliphatic heterocycles. The van der Waals surface area contributed by atoms with Gasteiger partial charge in [-0.15, -0.1) is 0 Å². The summed E-state index contributed by atoms with van der Waals surface area (Å²) in [6, 6.07) is 0.254. The number of aliphatic hydroxyl groups excluding tert-OH is 1. The third-order valence-electron chi connectivity index (χ3n) is 3.53. The molecule has 6 heteroatoms. The van der Waals surface area contributed by atoms with Crippen molar-refractivity contribution in [3.8, 4) is 0 Å². The second-order valence-corrected chi connectivity index (χ2v) is 4.68. The maximum atomic E-state index is 12.4. The summed E-state index contributed by atoms with van der Waals surface area (Å²) in [5.41, 5.74) is 5.56. The summed E-state index contributed by atoms with van der Waals surface area (Å²) in [4.78, 5) is 14.2. The molecule has 1 atom stereocenters. The first-order valence-corrected chi connectivity index (χ1v) is 6.54. The Morgan fingerprint density at radius 3 is 2.61 bits per heavy atom. The second-order valence-electron chi connectivity index (χ2n) is 4.68. The molecule has 0 radical (unpaired) electrons. The standard InChI is InChI=1S/C12H23N3O3/c1-2-10(11(13)14-18)12(17)15(7-4-8-16)9-5-3-6-9/h9-10,16,18H,2-8H2,1H3,(H2,13,14). The van der Waals surface area contributed by atoms with Crippen LogP contribution >= 0.6 is 0 Å². The topological polar surface area (TPSA) is 99.2 Å². The van der Waals surface area contributed by atoms with E-state index < -0.39 is 5.92 Å². The van der Waals surface area contributed by atoms with Gasteiger partial charge in [0.1, 0.15) is 0 Å². The lowest BCUT2D eigenvalue weighted by molar-refractivity contribution is -0.137. The number of rotatable bonds is 7. The van der Waals surface area contributed by atoms with Gasteiger partial charge in [-0.2, -0.15) is 0 Å². The Hall–Kier alpha value is -1.30. The highest BCUT2D eigenvalue weighted by molar-refractivity contribution is 6.02. The zero-order valence-corrected chi connectivity index (χ0v) is 10.9. The number of hydrogen-bond acceptors (Lipinski definition) is 4. The van der Waals surface area contributed by atoms with Gasteiger partial charge in [-0.3, -0.25) is 4.79 Å². The van der Waals surface area contributed by atoms with Crippen LogP contribution in [0.4, 0.5) is 0 Å². The van der Waals surface area contributed by atoms with E-state index in [0.29, 0.717) is 19.4 Å². The fraction of sp³-hybridized carbons (Fsp3) is 0.833. The largest absolute Gasteiger partial charge is 0.409 e. The monoisotopic (exact) mass is 257 g/mol. The van der Waals surface area contributed by atoms with Crippen LogP contribution in [0.3, 0.4) is 0 Å². The predicted molar refractivity (Wildman–Crippen MR) is 68.2 cm³/mol. The van der Waals surface area contributed by atoms with Gasteiger partial charge in [0.2, 0.25) is 5.91 Å². The molecule has 1 aliphatic rings. The Balaban J connectivity index is 2.72. The molecule has 104 valence electrons. The van der Waals surface area contributed by atoms with E-state index >= 15 is 0 Å². The summed E-state index contributed by atoms with van der Waals surface area (Å²) in [5, 5.41) is 20.5. The lowest BCUT2D eigenvalue weighted by atomic mass is 9.89. The molecule has 0 aromatic heterocycles. The first-order chi connectivity index (χ1) is 8.65. The van der Waals surface area contributed by atoms with Crippen LogP contribution in [-0.4, -0.2) is 46.1 Å². The molecule has 0 heterocycles. The van der Waals surface area contributed by atoms with E-state index in [1.165, 1.54) is 0 Å². The van der Waals surface area contributed by atoms with Gasteiger partial charge >= 0.3 is 0 Å². The second kappa shape index (κ2) is 7.20. The van der Waals surface area contributed by atoms with Crippen LogP contribution in [0.1, 0.15) is 39.0 Å². The molecule has 0 spiro atoms. The van der Waals surface area contributed by atoms with Crippen LogP contribution in [-0.2, 0) is 4.79 Å². The first-order valence-electron chi connectivity index (χ1n) is 6.54. The molecule has 1 fully saturated rings. The summed E-state index contributed by atoms with van der Waals surface area (Å²) in [6.45, 7) is 2.44. The Labute approximate surface area is 107 Å². The van der Waals surface area contributed by atoms with Gasteiger partial charge in [-0.25, -0.2) is 0 Å². The van der Waals surface area contributed by atoms with Crippen molar-refractivity contribution < 1.29 is 15.1 Å². The average molecular weight is 257 g/mol. The lowest BCUT2D eigenvalue weighted by Crippen LogP contribution is -2.49. The maximum absolute atomic E-state index is 12.4. The molecule has 1 unspecified atom stereocenters. The van der Waals surface area contributed by atoms with Gasteiger partial charge < -0.3 is 20.9 Å². The number of hydrogen-bond donors (Lipinski definition) is 3. The summed E-state index contributed by atoms with van der Waals surface area (Å²) >= 11 is 0. The van der Waals surface area contributed by atoms with Crippen LogP contribution in [0.2, 0.25) is 0 Å². The number of amidine groups is 1. The van der Waals surface area contributed by atoms with Crippen LogP contribution in [0.25, 0.3) is 0 Å². The molecular formula is C12H23N3O3. The number of carbonyl (C=O) groups excluding carboxylic acids is 1. The third-order valence-corrected chi connectivity index (χ3v) is 3.53. The van der Waals surface area contributed by atoms with Crippen LogP contribution in [0.15, 0.2) is 5.16 Å². The van der Waals surface area contributed by atoms with E-state index in [0.717, 1.165) is 19.3 Å². The zero-order chi connectivity index (χ0) is 13.5. The van der Waals surface area contributed by atoms with E-state index in [1.54, 1.807) is 4.90 Å². The van der Waals surface area contributed by atoms with Crippen molar-refractivity contribution in [2.24, 2.45) is 16.8 Å². The number of amides is 1. The molecule has 0 saturated heterocycles. The van der Waals surface area contributed by atoms with E-state index in [9.17, 15) is 4.79 Å². The van der Waals surface area contributed by atoms with E-state index in [-0.39, 0.29) is 24.4 Å². The minimum Gasteiger partial charge on any atom is -0.409 e. The number of nitrogens with zero attached hydrogens (tertiary/aromatic N) is 2. The first kappa shape index (κ1) is 14.8. The molecule has 4 N–H and O–H groups in total. The van der Waals surface area contributed by atoms with Crippen molar-refractivity contribution in [3.63, 3.8) is 0 Å². The quantitative estimate of drug-likeness (QED) is 0.268. The number of carbonyl (C=O) groups is 1. The van der Waals surface area contributed by atoms with Crippen molar-refractivity contribution in [1.82, 2.24) is 4.90 Å². The number of oxime groups is 1. The van der Waals surface area contributed by atoms with E-state index in [4.69, 9.17) is 16.0 Å². The fourth-order valence-electron chi connectivity index (χ4n) is 2.19. The van der Waals surface area contributed by atoms with Crippen molar-refractivity contribution in [2.75, 3.05) is 13.2 Å². The van der Waals surface area contributed by atoms with Crippen molar-refractivity contribution in [1.29, 1.82) is 0 Å². The van der Waals surface area contributed by atoms with Crippen LogP contribution in [0, 0.1) is 5.92 Å². The summed E-state index contributed by atoms with van der Waals surface area (Å²) in [6.07, 6.45) is 4.22. The molecule has 1 amide bonds. The Bertz CT molecular complexity index is 303. The molecule has 1 rings (SSSR count). The zero-order valence-electron chi connectivity index (χ0n) is 10.9. The Morgan fingerprint density at radius 1 is 1.56 bits per heavy atom. The lowest BCUT2D eigenvalue weighted by Gasteiger charge is -2.39. The highest BCUT2D eigenvalue weighted by atomic mass is 16.4. The molecule has 0 aromatic rings. The van der Waals surface area contributed by atoms with Crippen LogP contribution in [0.5, 0.6) is 0 Å². The number of nitrogens with two attached hydrogens (primary N) is 1. The van der Waals surface area contributed by atoms with Crippen LogP contribution < -0.4 is 5.73 Å². The van der Waals surface area contributed by atoms with E-state index in [2.05, 4.69) is 5.16 Å². The minimum atomic E-state index is -0.561. The summed E-state index contributed by atoms with van der Waals surface area (Å²) < 4.78 is 0. The Kier molecular flexibility index (Phi) is 5.91. The maximum Gasteiger partial charge on any atom is 0.233 e. The van der Waals surface area contributed by atoms with Gasteiger partial charge in [0.25, 0.3) is 0 Å². The average Bonchev–Trinajstić information content (AvgIpc) is 2.32. The molecule has 0 aromatic carbocycles. The van der Waals surface area contributed by atoms with Gasteiger partial charge in [-0.1, -0.05) is 12.1 Å². The van der Waals surface area contributed by atoms with Crippen molar-refractivity contribution in [2.45, 2.75) is 45.1 Å². The van der Waals surface area contributed by atoms with Crippen molar-refractivity contribution in [3.05, 3.63) is 0 Å². The normalized spacial score (nSPS) is 18.2. The van der Waals surface area contributed by atoms with Gasteiger partial charge in [0.05, 0.1) is 5.92 Å². The highest BCUT2D eigenvalue weighted by Crippen LogP contribution is 2.26. The van der Waals surface area contributed by atoms with Gasteiger partial charge in [0.15, 0.2) is 5.84 Å². The van der Waals surface area contributed by atoms with Crippen molar-refractivity contribution >= 4 is 11.7 Å². The molecule has 6 nitrogen and oxygen atoms in total. The van der Waals surface area contributed by atoms with E-state index in [1.807, 2.05) is 6.92 Å². The summed E-state index contributed by atoms with van der Waals surface area (Å²) in [7, 11) is 0. The predicted octanol–water partition coefficient (Wildman–Crippen LogP) is 0.523. The molecule has 0 bridgehead atoms. The SMILES string of the molecule is CCC(C(=O)N(CCCO)C1CCC1)C(N)=NO. The Morgan fingerprint density at radius 2 is 2.22 bits per heavy atom.